The van der Waals surface area contributed by atoms with Gasteiger partial charge in [-0.25, -0.2) is 9.59 Å². The van der Waals surface area contributed by atoms with Crippen LogP contribution in [0.2, 0.25) is 0 Å². The zero-order valence-corrected chi connectivity index (χ0v) is 14.9. The van der Waals surface area contributed by atoms with Gasteiger partial charge in [-0.2, -0.15) is 0 Å². The van der Waals surface area contributed by atoms with Gasteiger partial charge in [-0.1, -0.05) is 18.2 Å². The quantitative estimate of drug-likeness (QED) is 0.833. The summed E-state index contributed by atoms with van der Waals surface area (Å²) < 4.78 is 10.6. The fourth-order valence-electron chi connectivity index (χ4n) is 2.22. The van der Waals surface area contributed by atoms with Crippen LogP contribution < -0.4 is 10.6 Å². The third-order valence-electron chi connectivity index (χ3n) is 3.41. The number of furan rings is 1. The Hall–Kier alpha value is -2.83. The van der Waals surface area contributed by atoms with Crippen LogP contribution in [0.25, 0.3) is 11.0 Å². The average molecular weight is 346 g/mol. The first kappa shape index (κ1) is 18.5. The Morgan fingerprint density at radius 1 is 1.16 bits per heavy atom. The number of carbonyl (C=O) groups is 3. The molecule has 0 fully saturated rings. The third-order valence-corrected chi connectivity index (χ3v) is 3.41. The van der Waals surface area contributed by atoms with Gasteiger partial charge in [0.1, 0.15) is 5.58 Å². The van der Waals surface area contributed by atoms with Gasteiger partial charge in [0.2, 0.25) is 5.76 Å². The van der Waals surface area contributed by atoms with Crippen LogP contribution in [0.15, 0.2) is 28.7 Å². The molecule has 0 saturated carbocycles. The summed E-state index contributed by atoms with van der Waals surface area (Å²) in [7, 11) is 0. The Labute approximate surface area is 145 Å². The maximum Gasteiger partial charge on any atom is 0.375 e. The van der Waals surface area contributed by atoms with E-state index in [9.17, 15) is 14.4 Å². The molecule has 0 saturated heterocycles. The summed E-state index contributed by atoms with van der Waals surface area (Å²) in [5, 5.41) is 5.53. The van der Waals surface area contributed by atoms with E-state index >= 15 is 0 Å². The number of carbonyl (C=O) groups excluding carboxylic acids is 3. The number of imide groups is 1. The summed E-state index contributed by atoms with van der Waals surface area (Å²) in [5.41, 5.74) is 0.711. The topological polar surface area (TPSA) is 97.6 Å². The molecule has 1 aromatic carbocycles. The molecular weight excluding hydrogens is 324 g/mol. The number of amides is 3. The van der Waals surface area contributed by atoms with Crippen molar-refractivity contribution in [3.05, 3.63) is 35.6 Å². The van der Waals surface area contributed by atoms with Crippen molar-refractivity contribution in [3.8, 4) is 0 Å². The third kappa shape index (κ3) is 4.59. The van der Waals surface area contributed by atoms with E-state index in [1.165, 1.54) is 6.92 Å². The maximum absolute atomic E-state index is 12.3. The molecule has 7 nitrogen and oxygen atoms in total. The average Bonchev–Trinajstić information content (AvgIpc) is 2.83. The highest BCUT2D eigenvalue weighted by atomic mass is 16.6. The number of ether oxygens (including phenoxy) is 1. The number of nitrogens with one attached hydrogen (secondary N) is 2. The summed E-state index contributed by atoms with van der Waals surface area (Å²) in [5.74, 6) is -1.43. The second-order valence-corrected chi connectivity index (χ2v) is 6.79. The molecule has 0 aliphatic rings. The summed E-state index contributed by atoms with van der Waals surface area (Å²) in [6.07, 6.45) is -1.15. The van der Waals surface area contributed by atoms with Crippen molar-refractivity contribution < 1.29 is 23.5 Å². The highest BCUT2D eigenvalue weighted by Crippen LogP contribution is 2.25. The summed E-state index contributed by atoms with van der Waals surface area (Å²) in [6, 6.07) is 6.55. The number of aryl methyl sites for hydroxylation is 1. The van der Waals surface area contributed by atoms with Crippen LogP contribution in [0, 0.1) is 6.92 Å². The molecule has 1 heterocycles. The van der Waals surface area contributed by atoms with Crippen molar-refractivity contribution in [3.63, 3.8) is 0 Å². The van der Waals surface area contributed by atoms with Gasteiger partial charge >= 0.3 is 12.0 Å². The maximum atomic E-state index is 12.3. The molecule has 1 atom stereocenters. The molecule has 1 aromatic heterocycles. The van der Waals surface area contributed by atoms with E-state index < -0.39 is 29.6 Å². The number of benzene rings is 1. The molecule has 3 amide bonds. The zero-order chi connectivity index (χ0) is 18.8. The van der Waals surface area contributed by atoms with Gasteiger partial charge in [0.05, 0.1) is 0 Å². The van der Waals surface area contributed by atoms with Crippen LogP contribution in [-0.4, -0.2) is 29.6 Å². The minimum Gasteiger partial charge on any atom is -0.449 e. The van der Waals surface area contributed by atoms with Gasteiger partial charge in [-0.3, -0.25) is 10.1 Å². The molecule has 2 N–H and O–H groups in total. The lowest BCUT2D eigenvalue weighted by atomic mass is 10.1. The SMILES string of the molecule is Cc1c(C(=O)O[C@@H](C)C(=O)NC(=O)NC(C)(C)C)oc2ccccc12. The summed E-state index contributed by atoms with van der Waals surface area (Å²) in [6.45, 7) is 8.47. The smallest absolute Gasteiger partial charge is 0.375 e. The fraction of sp³-hybridized carbons (Fsp3) is 0.389. The lowest BCUT2D eigenvalue weighted by Gasteiger charge is -2.21. The van der Waals surface area contributed by atoms with E-state index in [1.54, 1.807) is 39.8 Å². The molecule has 25 heavy (non-hydrogen) atoms. The predicted molar refractivity (Wildman–Crippen MR) is 92.3 cm³/mol. The van der Waals surface area contributed by atoms with E-state index in [2.05, 4.69) is 10.6 Å². The number of rotatable bonds is 3. The summed E-state index contributed by atoms with van der Waals surface area (Å²) in [4.78, 5) is 36.0. The number of para-hydroxylation sites is 1. The van der Waals surface area contributed by atoms with Crippen molar-refractivity contribution in [2.45, 2.75) is 46.3 Å². The van der Waals surface area contributed by atoms with Gasteiger partial charge in [0.25, 0.3) is 5.91 Å². The normalized spacial score (nSPS) is 12.5. The summed E-state index contributed by atoms with van der Waals surface area (Å²) >= 11 is 0. The first-order chi connectivity index (χ1) is 11.6. The van der Waals surface area contributed by atoms with E-state index in [1.807, 2.05) is 12.1 Å². The highest BCUT2D eigenvalue weighted by molar-refractivity contribution is 6.00. The lowest BCUT2D eigenvalue weighted by molar-refractivity contribution is -0.128. The van der Waals surface area contributed by atoms with Gasteiger partial charge in [0, 0.05) is 16.5 Å². The Morgan fingerprint density at radius 3 is 2.40 bits per heavy atom. The molecule has 134 valence electrons. The second-order valence-electron chi connectivity index (χ2n) is 6.79. The molecule has 7 heteroatoms. The van der Waals surface area contributed by atoms with Crippen molar-refractivity contribution in [1.29, 1.82) is 0 Å². The minimum absolute atomic E-state index is 0.0417. The molecule has 0 unspecified atom stereocenters. The number of hydrogen-bond donors (Lipinski definition) is 2. The van der Waals surface area contributed by atoms with Gasteiger partial charge < -0.3 is 14.5 Å². The Balaban J connectivity index is 2.02. The number of hydrogen-bond acceptors (Lipinski definition) is 5. The van der Waals surface area contributed by atoms with E-state index in [4.69, 9.17) is 9.15 Å². The van der Waals surface area contributed by atoms with E-state index in [0.29, 0.717) is 11.1 Å². The van der Waals surface area contributed by atoms with Crippen LogP contribution >= 0.6 is 0 Å². The van der Waals surface area contributed by atoms with Crippen LogP contribution in [0.5, 0.6) is 0 Å². The number of fused-ring (bicyclic) bond motifs is 1. The van der Waals surface area contributed by atoms with Crippen molar-refractivity contribution in [2.75, 3.05) is 0 Å². The van der Waals surface area contributed by atoms with Crippen molar-refractivity contribution in [2.24, 2.45) is 0 Å². The van der Waals surface area contributed by atoms with E-state index in [-0.39, 0.29) is 5.76 Å². The Kier molecular flexibility index (Phi) is 5.15. The van der Waals surface area contributed by atoms with E-state index in [0.717, 1.165) is 5.39 Å². The fourth-order valence-corrected chi connectivity index (χ4v) is 2.22. The largest absolute Gasteiger partial charge is 0.449 e. The van der Waals surface area contributed by atoms with Gasteiger partial charge in [0.15, 0.2) is 6.10 Å². The van der Waals surface area contributed by atoms with Gasteiger partial charge in [-0.05, 0) is 40.7 Å². The van der Waals surface area contributed by atoms with Crippen LogP contribution in [0.1, 0.15) is 43.8 Å². The zero-order valence-electron chi connectivity index (χ0n) is 14.9. The Bertz CT molecular complexity index is 816. The van der Waals surface area contributed by atoms with Crippen molar-refractivity contribution >= 4 is 28.9 Å². The first-order valence-electron chi connectivity index (χ1n) is 7.90. The molecule has 0 aliphatic heterocycles. The monoisotopic (exact) mass is 346 g/mol. The molecule has 0 spiro atoms. The van der Waals surface area contributed by atoms with Crippen LogP contribution in [-0.2, 0) is 9.53 Å². The number of urea groups is 1. The molecule has 0 bridgehead atoms. The van der Waals surface area contributed by atoms with Crippen LogP contribution in [0.4, 0.5) is 4.79 Å². The second kappa shape index (κ2) is 6.96. The highest BCUT2D eigenvalue weighted by Gasteiger charge is 2.25. The molecule has 0 radical (unpaired) electrons. The Morgan fingerprint density at radius 2 is 1.80 bits per heavy atom. The van der Waals surface area contributed by atoms with Crippen molar-refractivity contribution in [1.82, 2.24) is 10.6 Å². The molecule has 2 aromatic rings. The minimum atomic E-state index is -1.15. The first-order valence-corrected chi connectivity index (χ1v) is 7.90. The lowest BCUT2D eigenvalue weighted by Crippen LogP contribution is -2.50. The standard InChI is InChI=1S/C18H22N2O5/c1-10-12-8-6-7-9-13(12)25-14(10)16(22)24-11(2)15(21)19-17(23)20-18(3,4)5/h6-9,11H,1-5H3,(H2,19,20,21,23)/t11-/m0/s1. The number of esters is 1. The van der Waals surface area contributed by atoms with Gasteiger partial charge in [-0.15, -0.1) is 0 Å². The molecule has 2 rings (SSSR count). The molecule has 0 aliphatic carbocycles. The van der Waals surface area contributed by atoms with Crippen LogP contribution in [0.3, 0.4) is 0 Å². The molecular formula is C18H22N2O5. The predicted octanol–water partition coefficient (Wildman–Crippen LogP) is 2.91.